The number of hydrogen-bond acceptors (Lipinski definition) is 5. The van der Waals surface area contributed by atoms with Crippen molar-refractivity contribution in [3.63, 3.8) is 0 Å². The summed E-state index contributed by atoms with van der Waals surface area (Å²) < 4.78 is 10.9. The molecule has 0 aliphatic heterocycles. The molecule has 0 saturated heterocycles. The molecule has 0 amide bonds. The van der Waals surface area contributed by atoms with Crippen molar-refractivity contribution < 1.29 is 19.5 Å². The second-order valence-corrected chi connectivity index (χ2v) is 6.33. The number of ether oxygens (including phenoxy) is 1. The van der Waals surface area contributed by atoms with E-state index in [0.29, 0.717) is 11.0 Å². The third-order valence-electron chi connectivity index (χ3n) is 4.11. The average Bonchev–Trinajstić information content (AvgIpc) is 2.44. The van der Waals surface area contributed by atoms with Gasteiger partial charge in [-0.2, -0.15) is 0 Å². The minimum Gasteiger partial charge on any atom is -0.496 e. The Bertz CT molecular complexity index is 667. The molecule has 1 aromatic heterocycles. The van der Waals surface area contributed by atoms with Gasteiger partial charge in [-0.25, -0.2) is 0 Å². The first kappa shape index (κ1) is 16.7. The SMILES string of the molecule is COc1ccnc2cc(B(O)OC(C)(C)C(C)(C)O)ccc12. The van der Waals surface area contributed by atoms with Crippen LogP contribution >= 0.6 is 0 Å². The van der Waals surface area contributed by atoms with Crippen LogP contribution in [0.5, 0.6) is 5.75 Å². The van der Waals surface area contributed by atoms with E-state index in [4.69, 9.17) is 9.39 Å². The molecule has 1 aromatic carbocycles. The molecule has 0 fully saturated rings. The van der Waals surface area contributed by atoms with E-state index >= 15 is 0 Å². The number of methoxy groups -OCH3 is 1. The molecule has 5 nitrogen and oxygen atoms in total. The zero-order valence-corrected chi connectivity index (χ0v) is 13.6. The molecular formula is C16H22BNO4. The molecule has 2 N–H and O–H groups in total. The molecule has 0 bridgehead atoms. The summed E-state index contributed by atoms with van der Waals surface area (Å²) in [7, 11) is 0.450. The van der Waals surface area contributed by atoms with Crippen LogP contribution in [0.25, 0.3) is 10.9 Å². The van der Waals surface area contributed by atoms with E-state index in [-0.39, 0.29) is 0 Å². The first-order valence-corrected chi connectivity index (χ1v) is 7.16. The van der Waals surface area contributed by atoms with Crippen molar-refractivity contribution in [1.29, 1.82) is 0 Å². The predicted octanol–water partition coefficient (Wildman–Crippen LogP) is 1.50. The Kier molecular flexibility index (Phi) is 4.47. The predicted molar refractivity (Wildman–Crippen MR) is 87.4 cm³/mol. The van der Waals surface area contributed by atoms with Gasteiger partial charge in [-0.05, 0) is 51.4 Å². The van der Waals surface area contributed by atoms with E-state index in [1.165, 1.54) is 0 Å². The summed E-state index contributed by atoms with van der Waals surface area (Å²) in [5, 5.41) is 21.3. The second-order valence-electron chi connectivity index (χ2n) is 6.33. The summed E-state index contributed by atoms with van der Waals surface area (Å²) in [4.78, 5) is 4.28. The Balaban J connectivity index is 2.31. The topological polar surface area (TPSA) is 71.8 Å². The van der Waals surface area contributed by atoms with Crippen molar-refractivity contribution in [3.8, 4) is 5.75 Å². The molecule has 1 heterocycles. The van der Waals surface area contributed by atoms with E-state index in [9.17, 15) is 10.1 Å². The molecule has 2 rings (SSSR count). The Hall–Kier alpha value is -1.63. The van der Waals surface area contributed by atoms with E-state index in [1.807, 2.05) is 6.07 Å². The van der Waals surface area contributed by atoms with Gasteiger partial charge in [0.15, 0.2) is 0 Å². The monoisotopic (exact) mass is 303 g/mol. The lowest BCUT2D eigenvalue weighted by Gasteiger charge is -2.38. The van der Waals surface area contributed by atoms with Gasteiger partial charge in [-0.1, -0.05) is 6.07 Å². The Labute approximate surface area is 131 Å². The van der Waals surface area contributed by atoms with E-state index in [0.717, 1.165) is 11.1 Å². The van der Waals surface area contributed by atoms with Gasteiger partial charge >= 0.3 is 7.12 Å². The van der Waals surface area contributed by atoms with Crippen LogP contribution in [0.4, 0.5) is 0 Å². The number of nitrogens with zero attached hydrogens (tertiary/aromatic N) is 1. The van der Waals surface area contributed by atoms with E-state index in [2.05, 4.69) is 4.98 Å². The molecule has 0 aliphatic rings. The third-order valence-corrected chi connectivity index (χ3v) is 4.11. The van der Waals surface area contributed by atoms with Gasteiger partial charge < -0.3 is 19.5 Å². The fourth-order valence-electron chi connectivity index (χ4n) is 1.96. The first-order valence-electron chi connectivity index (χ1n) is 7.16. The van der Waals surface area contributed by atoms with Crippen LogP contribution in [0.2, 0.25) is 0 Å². The third kappa shape index (κ3) is 3.24. The summed E-state index contributed by atoms with van der Waals surface area (Å²) in [6.07, 6.45) is 1.65. The molecule has 118 valence electrons. The molecule has 0 radical (unpaired) electrons. The Morgan fingerprint density at radius 3 is 2.41 bits per heavy atom. The normalized spacial score (nSPS) is 12.5. The number of benzene rings is 1. The second kappa shape index (κ2) is 5.87. The van der Waals surface area contributed by atoms with Crippen molar-refractivity contribution in [3.05, 3.63) is 30.5 Å². The van der Waals surface area contributed by atoms with Crippen LogP contribution in [0.1, 0.15) is 27.7 Å². The molecule has 0 spiro atoms. The van der Waals surface area contributed by atoms with Crippen molar-refractivity contribution in [1.82, 2.24) is 4.98 Å². The van der Waals surface area contributed by atoms with Crippen molar-refractivity contribution >= 4 is 23.5 Å². The highest BCUT2D eigenvalue weighted by atomic mass is 16.5. The number of pyridine rings is 1. The van der Waals surface area contributed by atoms with Gasteiger partial charge in [-0.3, -0.25) is 4.98 Å². The standard InChI is InChI=1S/C16H22BNO4/c1-15(2,19)16(3,4)22-17(20)11-6-7-12-13(10-11)18-9-8-14(12)21-5/h6-10,19-20H,1-5H3. The van der Waals surface area contributed by atoms with Crippen LogP contribution in [0.15, 0.2) is 30.5 Å². The minimum atomic E-state index is -1.15. The van der Waals surface area contributed by atoms with Crippen LogP contribution < -0.4 is 10.2 Å². The highest BCUT2D eigenvalue weighted by Crippen LogP contribution is 2.26. The van der Waals surface area contributed by atoms with Crippen LogP contribution in [-0.2, 0) is 4.65 Å². The molecule has 0 atom stereocenters. The van der Waals surface area contributed by atoms with Gasteiger partial charge in [0.25, 0.3) is 0 Å². The number of rotatable bonds is 5. The number of hydrogen-bond donors (Lipinski definition) is 2. The lowest BCUT2D eigenvalue weighted by atomic mass is 9.76. The lowest BCUT2D eigenvalue weighted by molar-refractivity contribution is -0.0982. The minimum absolute atomic E-state index is 0.575. The fourth-order valence-corrected chi connectivity index (χ4v) is 1.96. The van der Waals surface area contributed by atoms with Crippen LogP contribution in [-0.4, -0.2) is 40.5 Å². The quantitative estimate of drug-likeness (QED) is 0.819. The van der Waals surface area contributed by atoms with Gasteiger partial charge in [-0.15, -0.1) is 0 Å². The van der Waals surface area contributed by atoms with Gasteiger partial charge in [0.2, 0.25) is 0 Å². The number of fused-ring (bicyclic) bond motifs is 1. The van der Waals surface area contributed by atoms with Gasteiger partial charge in [0, 0.05) is 11.6 Å². The highest BCUT2D eigenvalue weighted by Gasteiger charge is 2.39. The van der Waals surface area contributed by atoms with Crippen LogP contribution in [0, 0.1) is 0 Å². The van der Waals surface area contributed by atoms with Crippen molar-refractivity contribution in [2.24, 2.45) is 0 Å². The molecule has 6 heteroatoms. The van der Waals surface area contributed by atoms with E-state index < -0.39 is 18.3 Å². The Morgan fingerprint density at radius 2 is 1.82 bits per heavy atom. The zero-order chi connectivity index (χ0) is 16.5. The maximum atomic E-state index is 10.3. The average molecular weight is 303 g/mol. The largest absolute Gasteiger partial charge is 0.496 e. The molecule has 2 aromatic rings. The maximum absolute atomic E-state index is 10.3. The van der Waals surface area contributed by atoms with Gasteiger partial charge in [0.05, 0.1) is 23.8 Å². The summed E-state index contributed by atoms with van der Waals surface area (Å²) in [5.41, 5.74) is -0.721. The number of aliphatic hydroxyl groups is 1. The molecule has 0 saturated carbocycles. The summed E-state index contributed by atoms with van der Waals surface area (Å²) >= 11 is 0. The van der Waals surface area contributed by atoms with Crippen molar-refractivity contribution in [2.45, 2.75) is 38.9 Å². The molecular weight excluding hydrogens is 281 g/mol. The highest BCUT2D eigenvalue weighted by molar-refractivity contribution is 6.60. The summed E-state index contributed by atoms with van der Waals surface area (Å²) in [6.45, 7) is 6.76. The van der Waals surface area contributed by atoms with E-state index in [1.54, 1.807) is 59.2 Å². The number of aromatic nitrogens is 1. The Morgan fingerprint density at radius 1 is 1.14 bits per heavy atom. The molecule has 22 heavy (non-hydrogen) atoms. The molecule has 0 aliphatic carbocycles. The first-order chi connectivity index (χ1) is 10.2. The fraction of sp³-hybridized carbons (Fsp3) is 0.438. The lowest BCUT2D eigenvalue weighted by Crippen LogP contribution is -2.53. The van der Waals surface area contributed by atoms with Gasteiger partial charge in [0.1, 0.15) is 5.75 Å². The van der Waals surface area contributed by atoms with Crippen LogP contribution in [0.3, 0.4) is 0 Å². The summed E-state index contributed by atoms with van der Waals surface area (Å²) in [5.74, 6) is 0.726. The smallest absolute Gasteiger partial charge is 0.491 e. The summed E-state index contributed by atoms with van der Waals surface area (Å²) in [6, 6.07) is 7.13. The van der Waals surface area contributed by atoms with Crippen molar-refractivity contribution in [2.75, 3.05) is 7.11 Å². The maximum Gasteiger partial charge on any atom is 0.491 e. The zero-order valence-electron chi connectivity index (χ0n) is 13.6. The molecule has 0 unspecified atom stereocenters.